The van der Waals surface area contributed by atoms with Crippen molar-refractivity contribution in [3.63, 3.8) is 0 Å². The minimum atomic E-state index is -0.841. The van der Waals surface area contributed by atoms with E-state index < -0.39 is 11.9 Å². The molecule has 156 valence electrons. The maximum absolute atomic E-state index is 11.7. The van der Waals surface area contributed by atoms with E-state index in [1.807, 2.05) is 0 Å². The van der Waals surface area contributed by atoms with Gasteiger partial charge in [0.2, 0.25) is 5.91 Å². The van der Waals surface area contributed by atoms with Crippen molar-refractivity contribution in [1.82, 2.24) is 4.90 Å². The molecule has 1 saturated heterocycles. The van der Waals surface area contributed by atoms with Gasteiger partial charge in [0.05, 0.1) is 5.92 Å². The number of carboxylic acids is 1. The quantitative estimate of drug-likeness (QED) is 0.251. The Morgan fingerprint density at radius 3 is 1.96 bits per heavy atom. The molecule has 1 rings (SSSR count). The highest BCUT2D eigenvalue weighted by Gasteiger charge is 2.33. The largest absolute Gasteiger partial charge is 0.481 e. The van der Waals surface area contributed by atoms with Gasteiger partial charge in [-0.25, -0.2) is 0 Å². The van der Waals surface area contributed by atoms with Gasteiger partial charge in [0.1, 0.15) is 0 Å². The molecule has 0 spiro atoms. The van der Waals surface area contributed by atoms with Crippen LogP contribution in [-0.4, -0.2) is 35.0 Å². The van der Waals surface area contributed by atoms with E-state index in [0.29, 0.717) is 6.54 Å². The summed E-state index contributed by atoms with van der Waals surface area (Å²) in [5.74, 6) is -1.33. The molecule has 1 N–H and O–H groups in total. The van der Waals surface area contributed by atoms with E-state index in [1.165, 1.54) is 77.0 Å². The SMILES string of the molecule is CCCCCCCC/C=C\CCCCCCCCN1CC(C(=O)O)CC1=O. The number of nitrogens with zero attached hydrogens (tertiary/aromatic N) is 1. The third-order valence-electron chi connectivity index (χ3n) is 5.50. The Morgan fingerprint density at radius 1 is 0.926 bits per heavy atom. The molecule has 1 amide bonds. The van der Waals surface area contributed by atoms with Gasteiger partial charge in [-0.2, -0.15) is 0 Å². The smallest absolute Gasteiger partial charge is 0.308 e. The number of unbranched alkanes of at least 4 members (excludes halogenated alkanes) is 12. The van der Waals surface area contributed by atoms with E-state index >= 15 is 0 Å². The van der Waals surface area contributed by atoms with Crippen LogP contribution in [0, 0.1) is 5.92 Å². The fourth-order valence-corrected chi connectivity index (χ4v) is 3.70. The molecule has 0 bridgehead atoms. The average Bonchev–Trinajstić information content (AvgIpc) is 3.02. The van der Waals surface area contributed by atoms with Crippen molar-refractivity contribution in [2.75, 3.05) is 13.1 Å². The molecule has 4 nitrogen and oxygen atoms in total. The van der Waals surface area contributed by atoms with Crippen molar-refractivity contribution in [2.45, 2.75) is 103 Å². The second-order valence-electron chi connectivity index (χ2n) is 8.02. The van der Waals surface area contributed by atoms with Gasteiger partial charge in [-0.05, 0) is 32.1 Å². The number of allylic oxidation sites excluding steroid dienone is 2. The number of hydrogen-bond donors (Lipinski definition) is 1. The second kappa shape index (κ2) is 15.7. The van der Waals surface area contributed by atoms with E-state index in [2.05, 4.69) is 19.1 Å². The topological polar surface area (TPSA) is 57.6 Å². The molecule has 1 heterocycles. The van der Waals surface area contributed by atoms with Gasteiger partial charge in [0, 0.05) is 19.5 Å². The number of carbonyl (C=O) groups is 2. The lowest BCUT2D eigenvalue weighted by Crippen LogP contribution is -2.27. The molecule has 1 unspecified atom stereocenters. The molecular weight excluding hydrogens is 338 g/mol. The first-order valence-corrected chi connectivity index (χ1v) is 11.3. The van der Waals surface area contributed by atoms with E-state index in [9.17, 15) is 9.59 Å². The maximum Gasteiger partial charge on any atom is 0.308 e. The summed E-state index contributed by atoms with van der Waals surface area (Å²) in [6, 6.07) is 0. The number of carbonyl (C=O) groups excluding carboxylic acids is 1. The molecule has 27 heavy (non-hydrogen) atoms. The van der Waals surface area contributed by atoms with Crippen LogP contribution in [0.25, 0.3) is 0 Å². The zero-order valence-electron chi connectivity index (χ0n) is 17.5. The van der Waals surface area contributed by atoms with Crippen molar-refractivity contribution in [2.24, 2.45) is 5.92 Å². The van der Waals surface area contributed by atoms with Gasteiger partial charge < -0.3 is 10.0 Å². The zero-order chi connectivity index (χ0) is 19.7. The number of aliphatic carboxylic acids is 1. The number of hydrogen-bond acceptors (Lipinski definition) is 2. The van der Waals surface area contributed by atoms with E-state index in [4.69, 9.17) is 5.11 Å². The summed E-state index contributed by atoms with van der Waals surface area (Å²) in [5.41, 5.74) is 0. The first kappa shape index (κ1) is 23.7. The molecule has 1 aliphatic heterocycles. The van der Waals surface area contributed by atoms with Crippen LogP contribution in [0.5, 0.6) is 0 Å². The number of carboxylic acid groups (broad SMARTS) is 1. The standard InChI is InChI=1S/C23H41NO3/c1-2-3-4-5-6-7-8-9-10-11-12-13-14-15-16-17-18-24-20-21(23(26)27)19-22(24)25/h9-10,21H,2-8,11-20H2,1H3,(H,26,27)/b10-9-. The van der Waals surface area contributed by atoms with Crippen LogP contribution in [0.1, 0.15) is 103 Å². The molecule has 0 aromatic heterocycles. The van der Waals surface area contributed by atoms with Crippen LogP contribution < -0.4 is 0 Å². The molecular formula is C23H41NO3. The van der Waals surface area contributed by atoms with E-state index in [-0.39, 0.29) is 12.3 Å². The van der Waals surface area contributed by atoms with Crippen LogP contribution in [0.2, 0.25) is 0 Å². The molecule has 1 atom stereocenters. The normalized spacial score (nSPS) is 17.3. The van der Waals surface area contributed by atoms with Crippen molar-refractivity contribution >= 4 is 11.9 Å². The number of likely N-dealkylation sites (tertiary alicyclic amines) is 1. The van der Waals surface area contributed by atoms with Crippen molar-refractivity contribution in [1.29, 1.82) is 0 Å². The summed E-state index contributed by atoms with van der Waals surface area (Å²) in [6.07, 6.45) is 22.7. The van der Waals surface area contributed by atoms with E-state index in [1.54, 1.807) is 4.90 Å². The summed E-state index contributed by atoms with van der Waals surface area (Å²) in [7, 11) is 0. The summed E-state index contributed by atoms with van der Waals surface area (Å²) in [4.78, 5) is 24.4. The predicted molar refractivity (Wildman–Crippen MR) is 112 cm³/mol. The van der Waals surface area contributed by atoms with Gasteiger partial charge in [0.15, 0.2) is 0 Å². The maximum atomic E-state index is 11.7. The van der Waals surface area contributed by atoms with Crippen LogP contribution in [0.3, 0.4) is 0 Å². The minimum Gasteiger partial charge on any atom is -0.481 e. The molecule has 1 fully saturated rings. The number of amides is 1. The van der Waals surface area contributed by atoms with Crippen molar-refractivity contribution in [3.8, 4) is 0 Å². The monoisotopic (exact) mass is 379 g/mol. The van der Waals surface area contributed by atoms with Crippen LogP contribution >= 0.6 is 0 Å². The third-order valence-corrected chi connectivity index (χ3v) is 5.50. The molecule has 0 radical (unpaired) electrons. The zero-order valence-corrected chi connectivity index (χ0v) is 17.5. The lowest BCUT2D eigenvalue weighted by atomic mass is 10.1. The van der Waals surface area contributed by atoms with Gasteiger partial charge in [0.25, 0.3) is 0 Å². The summed E-state index contributed by atoms with van der Waals surface area (Å²) in [5, 5.41) is 8.98. The fraction of sp³-hybridized carbons (Fsp3) is 0.826. The Labute approximate surface area is 166 Å². The second-order valence-corrected chi connectivity index (χ2v) is 8.02. The highest BCUT2D eigenvalue weighted by molar-refractivity contribution is 5.86. The number of rotatable bonds is 17. The predicted octanol–water partition coefficient (Wildman–Crippen LogP) is 5.96. The Balaban J connectivity index is 1.83. The Morgan fingerprint density at radius 2 is 1.44 bits per heavy atom. The molecule has 0 aromatic carbocycles. The highest BCUT2D eigenvalue weighted by atomic mass is 16.4. The lowest BCUT2D eigenvalue weighted by molar-refractivity contribution is -0.141. The fourth-order valence-electron chi connectivity index (χ4n) is 3.70. The Hall–Kier alpha value is -1.32. The van der Waals surface area contributed by atoms with Gasteiger partial charge in [-0.15, -0.1) is 0 Å². The molecule has 4 heteroatoms. The highest BCUT2D eigenvalue weighted by Crippen LogP contribution is 2.19. The average molecular weight is 380 g/mol. The summed E-state index contributed by atoms with van der Waals surface area (Å²) < 4.78 is 0. The lowest BCUT2D eigenvalue weighted by Gasteiger charge is -2.15. The molecule has 0 saturated carbocycles. The van der Waals surface area contributed by atoms with Crippen LogP contribution in [0.15, 0.2) is 12.2 Å². The molecule has 1 aliphatic rings. The third kappa shape index (κ3) is 11.9. The van der Waals surface area contributed by atoms with Gasteiger partial charge in [-0.1, -0.05) is 76.9 Å². The van der Waals surface area contributed by atoms with Gasteiger partial charge in [-0.3, -0.25) is 9.59 Å². The summed E-state index contributed by atoms with van der Waals surface area (Å²) >= 11 is 0. The first-order chi connectivity index (χ1) is 13.1. The van der Waals surface area contributed by atoms with Crippen LogP contribution in [-0.2, 0) is 9.59 Å². The van der Waals surface area contributed by atoms with Gasteiger partial charge >= 0.3 is 5.97 Å². The first-order valence-electron chi connectivity index (χ1n) is 11.3. The van der Waals surface area contributed by atoms with E-state index in [0.717, 1.165) is 19.4 Å². The van der Waals surface area contributed by atoms with Crippen molar-refractivity contribution in [3.05, 3.63) is 12.2 Å². The Kier molecular flexibility index (Phi) is 13.8. The van der Waals surface area contributed by atoms with Crippen molar-refractivity contribution < 1.29 is 14.7 Å². The van der Waals surface area contributed by atoms with Crippen LogP contribution in [0.4, 0.5) is 0 Å². The Bertz CT molecular complexity index is 433. The molecule has 0 aromatic rings. The summed E-state index contributed by atoms with van der Waals surface area (Å²) in [6.45, 7) is 3.39. The molecule has 0 aliphatic carbocycles. The minimum absolute atomic E-state index is 0.00939.